The minimum absolute atomic E-state index is 0.612. The summed E-state index contributed by atoms with van der Waals surface area (Å²) in [6.07, 6.45) is 3.98. The van der Waals surface area contributed by atoms with Crippen LogP contribution in [0.2, 0.25) is 0 Å². The molecular formula is C19H17N3O. The van der Waals surface area contributed by atoms with Crippen LogP contribution in [-0.4, -0.2) is 15.1 Å². The summed E-state index contributed by atoms with van der Waals surface area (Å²) in [5, 5.41) is 4.09. The van der Waals surface area contributed by atoms with Crippen molar-refractivity contribution < 1.29 is 4.52 Å². The highest BCUT2D eigenvalue weighted by atomic mass is 16.5. The molecule has 2 aromatic heterocycles. The predicted octanol–water partition coefficient (Wildman–Crippen LogP) is 3.68. The number of aromatic nitrogens is 3. The number of hydrogen-bond acceptors (Lipinski definition) is 4. The zero-order chi connectivity index (χ0) is 15.9. The van der Waals surface area contributed by atoms with Gasteiger partial charge in [0.2, 0.25) is 11.7 Å². The van der Waals surface area contributed by atoms with Gasteiger partial charge >= 0.3 is 0 Å². The van der Waals surface area contributed by atoms with Crippen molar-refractivity contribution in [2.45, 2.75) is 26.2 Å². The SMILES string of the molecule is CCc1ccccc1-c1noc(CCC#Cc2ccccn2)n1. The van der Waals surface area contributed by atoms with Gasteiger partial charge in [-0.15, -0.1) is 0 Å². The van der Waals surface area contributed by atoms with Crippen LogP contribution in [0.5, 0.6) is 0 Å². The Bertz CT molecular complexity index is 828. The molecular weight excluding hydrogens is 286 g/mol. The van der Waals surface area contributed by atoms with Gasteiger partial charge in [-0.05, 0) is 30.0 Å². The largest absolute Gasteiger partial charge is 0.339 e. The van der Waals surface area contributed by atoms with Crippen LogP contribution in [0.15, 0.2) is 53.2 Å². The lowest BCUT2D eigenvalue weighted by molar-refractivity contribution is 0.380. The Labute approximate surface area is 135 Å². The van der Waals surface area contributed by atoms with E-state index >= 15 is 0 Å². The number of pyridine rings is 1. The second kappa shape index (κ2) is 7.37. The van der Waals surface area contributed by atoms with Crippen molar-refractivity contribution in [2.75, 3.05) is 0 Å². The molecule has 1 aromatic carbocycles. The summed E-state index contributed by atoms with van der Waals surface area (Å²) in [5.74, 6) is 7.36. The zero-order valence-corrected chi connectivity index (χ0v) is 13.0. The summed E-state index contributed by atoms with van der Waals surface area (Å²) in [7, 11) is 0. The fourth-order valence-electron chi connectivity index (χ4n) is 2.27. The number of benzene rings is 1. The first-order chi connectivity index (χ1) is 11.4. The topological polar surface area (TPSA) is 51.8 Å². The summed E-state index contributed by atoms with van der Waals surface area (Å²) in [6, 6.07) is 13.8. The Balaban J connectivity index is 1.65. The first kappa shape index (κ1) is 15.0. The van der Waals surface area contributed by atoms with E-state index in [-0.39, 0.29) is 0 Å². The number of rotatable bonds is 4. The standard InChI is InChI=1S/C19H17N3O/c1-2-15-9-3-5-12-17(15)19-21-18(23-22-19)13-6-4-10-16-11-7-8-14-20-16/h3,5,7-9,11-12,14H,2,6,13H2,1H3. The van der Waals surface area contributed by atoms with Crippen LogP contribution in [0.4, 0.5) is 0 Å². The summed E-state index contributed by atoms with van der Waals surface area (Å²) in [6.45, 7) is 2.12. The molecule has 2 heterocycles. The van der Waals surface area contributed by atoms with Crippen molar-refractivity contribution in [1.82, 2.24) is 15.1 Å². The zero-order valence-electron chi connectivity index (χ0n) is 13.0. The third kappa shape index (κ3) is 3.83. The first-order valence-corrected chi connectivity index (χ1v) is 7.67. The van der Waals surface area contributed by atoms with Crippen molar-refractivity contribution >= 4 is 0 Å². The highest BCUT2D eigenvalue weighted by Crippen LogP contribution is 2.21. The minimum atomic E-state index is 0.612. The molecule has 0 aliphatic carbocycles. The average molecular weight is 303 g/mol. The third-order valence-corrected chi connectivity index (χ3v) is 3.45. The molecule has 0 fully saturated rings. The maximum Gasteiger partial charge on any atom is 0.227 e. The third-order valence-electron chi connectivity index (χ3n) is 3.45. The van der Waals surface area contributed by atoms with E-state index in [4.69, 9.17) is 4.52 Å². The second-order valence-corrected chi connectivity index (χ2v) is 5.04. The van der Waals surface area contributed by atoms with Crippen molar-refractivity contribution in [3.63, 3.8) is 0 Å². The maximum absolute atomic E-state index is 5.33. The van der Waals surface area contributed by atoms with E-state index in [0.29, 0.717) is 24.6 Å². The lowest BCUT2D eigenvalue weighted by atomic mass is 10.1. The molecule has 23 heavy (non-hydrogen) atoms. The molecule has 0 bridgehead atoms. The van der Waals surface area contributed by atoms with E-state index in [2.05, 4.69) is 40.0 Å². The molecule has 0 aliphatic heterocycles. The van der Waals surface area contributed by atoms with Crippen LogP contribution in [0.3, 0.4) is 0 Å². The Kier molecular flexibility index (Phi) is 4.80. The molecule has 0 spiro atoms. The second-order valence-electron chi connectivity index (χ2n) is 5.04. The highest BCUT2D eigenvalue weighted by Gasteiger charge is 2.10. The smallest absolute Gasteiger partial charge is 0.227 e. The fourth-order valence-corrected chi connectivity index (χ4v) is 2.27. The molecule has 0 N–H and O–H groups in total. The first-order valence-electron chi connectivity index (χ1n) is 7.67. The van der Waals surface area contributed by atoms with Crippen LogP contribution < -0.4 is 0 Å². The number of hydrogen-bond donors (Lipinski definition) is 0. The van der Waals surface area contributed by atoms with Crippen LogP contribution in [-0.2, 0) is 12.8 Å². The summed E-state index contributed by atoms with van der Waals surface area (Å²) >= 11 is 0. The molecule has 4 nitrogen and oxygen atoms in total. The van der Waals surface area contributed by atoms with E-state index in [0.717, 1.165) is 17.7 Å². The molecule has 0 saturated heterocycles. The molecule has 0 unspecified atom stereocenters. The van der Waals surface area contributed by atoms with Crippen LogP contribution in [0.1, 0.15) is 30.5 Å². The van der Waals surface area contributed by atoms with E-state index in [9.17, 15) is 0 Å². The van der Waals surface area contributed by atoms with E-state index in [1.165, 1.54) is 5.56 Å². The highest BCUT2D eigenvalue weighted by molar-refractivity contribution is 5.59. The van der Waals surface area contributed by atoms with Crippen molar-refractivity contribution in [1.29, 1.82) is 0 Å². The monoisotopic (exact) mass is 303 g/mol. The Morgan fingerprint density at radius 3 is 2.78 bits per heavy atom. The summed E-state index contributed by atoms with van der Waals surface area (Å²) < 4.78 is 5.33. The van der Waals surface area contributed by atoms with Gasteiger partial charge in [0.25, 0.3) is 0 Å². The molecule has 3 aromatic rings. The van der Waals surface area contributed by atoms with Crippen LogP contribution in [0.25, 0.3) is 11.4 Å². The molecule has 0 saturated carbocycles. The predicted molar refractivity (Wildman–Crippen MR) is 88.5 cm³/mol. The van der Waals surface area contributed by atoms with Crippen LogP contribution in [0, 0.1) is 11.8 Å². The Hall–Kier alpha value is -2.93. The molecule has 3 rings (SSSR count). The summed E-state index contributed by atoms with van der Waals surface area (Å²) in [4.78, 5) is 8.63. The maximum atomic E-state index is 5.33. The quantitative estimate of drug-likeness (QED) is 0.690. The lowest BCUT2D eigenvalue weighted by Gasteiger charge is -2.01. The van der Waals surface area contributed by atoms with Crippen molar-refractivity contribution in [2.24, 2.45) is 0 Å². The lowest BCUT2D eigenvalue weighted by Crippen LogP contribution is -1.89. The van der Waals surface area contributed by atoms with Crippen molar-refractivity contribution in [3.05, 3.63) is 65.8 Å². The average Bonchev–Trinajstić information content (AvgIpc) is 3.08. The number of nitrogens with zero attached hydrogens (tertiary/aromatic N) is 3. The normalized spacial score (nSPS) is 10.1. The van der Waals surface area contributed by atoms with Crippen LogP contribution >= 0.6 is 0 Å². The van der Waals surface area contributed by atoms with Crippen molar-refractivity contribution in [3.8, 4) is 23.2 Å². The molecule has 0 aliphatic rings. The fraction of sp³-hybridized carbons (Fsp3) is 0.211. The molecule has 4 heteroatoms. The Morgan fingerprint density at radius 2 is 1.96 bits per heavy atom. The van der Waals surface area contributed by atoms with Gasteiger partial charge in [0.15, 0.2) is 0 Å². The van der Waals surface area contributed by atoms with Gasteiger partial charge in [-0.3, -0.25) is 0 Å². The van der Waals surface area contributed by atoms with Gasteiger partial charge in [0.05, 0.1) is 0 Å². The van der Waals surface area contributed by atoms with Gasteiger partial charge in [0, 0.05) is 24.6 Å². The molecule has 0 atom stereocenters. The number of aryl methyl sites for hydroxylation is 2. The molecule has 114 valence electrons. The Morgan fingerprint density at radius 1 is 1.09 bits per heavy atom. The van der Waals surface area contributed by atoms with Gasteiger partial charge in [-0.1, -0.05) is 48.3 Å². The summed E-state index contributed by atoms with van der Waals surface area (Å²) in [5.41, 5.74) is 3.02. The van der Waals surface area contributed by atoms with Gasteiger partial charge in [-0.25, -0.2) is 4.98 Å². The van der Waals surface area contributed by atoms with Gasteiger partial charge in [0.1, 0.15) is 5.69 Å². The van der Waals surface area contributed by atoms with Gasteiger partial charge in [-0.2, -0.15) is 4.98 Å². The van der Waals surface area contributed by atoms with Gasteiger partial charge < -0.3 is 4.52 Å². The molecule has 0 radical (unpaired) electrons. The minimum Gasteiger partial charge on any atom is -0.339 e. The van der Waals surface area contributed by atoms with E-state index in [1.54, 1.807) is 6.20 Å². The molecule has 0 amide bonds. The van der Waals surface area contributed by atoms with E-state index in [1.807, 2.05) is 36.4 Å². The van der Waals surface area contributed by atoms with E-state index < -0.39 is 0 Å².